The van der Waals surface area contributed by atoms with Gasteiger partial charge in [0.05, 0.1) is 31.0 Å². The van der Waals surface area contributed by atoms with Gasteiger partial charge < -0.3 is 14.8 Å². The molecule has 7 heteroatoms. The van der Waals surface area contributed by atoms with Crippen LogP contribution < -0.4 is 14.8 Å². The number of carbonyl (C=O) groups excluding carboxylic acids is 3. The summed E-state index contributed by atoms with van der Waals surface area (Å²) in [5.74, 6) is -0.227. The second-order valence-corrected chi connectivity index (χ2v) is 5.79. The number of amides is 3. The molecule has 1 aliphatic rings. The van der Waals surface area contributed by atoms with E-state index in [-0.39, 0.29) is 23.2 Å². The lowest BCUT2D eigenvalue weighted by molar-refractivity contribution is 0.0672. The summed E-state index contributed by atoms with van der Waals surface area (Å²) in [4.78, 5) is 38.3. The van der Waals surface area contributed by atoms with Crippen LogP contribution in [0.1, 0.15) is 31.1 Å². The van der Waals surface area contributed by atoms with Gasteiger partial charge in [-0.2, -0.15) is 0 Å². The Balaban J connectivity index is 1.87. The predicted molar refractivity (Wildman–Crippen MR) is 99.5 cm³/mol. The minimum absolute atomic E-state index is 0.122. The monoisotopic (exact) mass is 366 g/mol. The van der Waals surface area contributed by atoms with Crippen molar-refractivity contribution in [2.75, 3.05) is 26.1 Å². The lowest BCUT2D eigenvalue weighted by Crippen LogP contribution is -2.29. The fourth-order valence-electron chi connectivity index (χ4n) is 2.82. The van der Waals surface area contributed by atoms with Crippen molar-refractivity contribution in [2.45, 2.75) is 0 Å². The normalized spacial score (nSPS) is 12.6. The molecule has 2 aromatic carbocycles. The number of nitrogens with one attached hydrogen (secondary N) is 1. The molecule has 0 fully saturated rings. The standard InChI is InChI=1S/C20H18N2O5/c1-4-9-22-19(24)14-7-5-12(10-15(14)20(22)25)18(23)21-16-8-6-13(26-2)11-17(16)27-3/h4-8,10-11H,1,9H2,2-3H3,(H,21,23). The highest BCUT2D eigenvalue weighted by Gasteiger charge is 2.35. The SMILES string of the molecule is C=CCN1C(=O)c2ccc(C(=O)Nc3ccc(OC)cc3OC)cc2C1=O. The maximum Gasteiger partial charge on any atom is 0.261 e. The summed E-state index contributed by atoms with van der Waals surface area (Å²) in [5.41, 5.74) is 1.20. The smallest absolute Gasteiger partial charge is 0.261 e. The third-order valence-corrected chi connectivity index (χ3v) is 4.20. The predicted octanol–water partition coefficient (Wildman–Crippen LogP) is 2.74. The fourth-order valence-corrected chi connectivity index (χ4v) is 2.82. The van der Waals surface area contributed by atoms with E-state index >= 15 is 0 Å². The fraction of sp³-hybridized carbons (Fsp3) is 0.150. The van der Waals surface area contributed by atoms with E-state index in [1.54, 1.807) is 18.2 Å². The van der Waals surface area contributed by atoms with Gasteiger partial charge in [0, 0.05) is 18.2 Å². The van der Waals surface area contributed by atoms with Crippen LogP contribution in [0, 0.1) is 0 Å². The third-order valence-electron chi connectivity index (χ3n) is 4.20. The quantitative estimate of drug-likeness (QED) is 0.628. The molecular formula is C20H18N2O5. The number of anilines is 1. The van der Waals surface area contributed by atoms with E-state index in [0.29, 0.717) is 17.2 Å². The highest BCUT2D eigenvalue weighted by molar-refractivity contribution is 6.22. The van der Waals surface area contributed by atoms with Gasteiger partial charge in [0.25, 0.3) is 17.7 Å². The maximum atomic E-state index is 12.6. The van der Waals surface area contributed by atoms with E-state index in [2.05, 4.69) is 11.9 Å². The Kier molecular flexibility index (Phi) is 4.94. The minimum Gasteiger partial charge on any atom is -0.497 e. The first-order valence-electron chi connectivity index (χ1n) is 8.14. The van der Waals surface area contributed by atoms with E-state index in [0.717, 1.165) is 4.90 Å². The molecule has 2 aromatic rings. The van der Waals surface area contributed by atoms with Gasteiger partial charge in [-0.05, 0) is 30.3 Å². The highest BCUT2D eigenvalue weighted by atomic mass is 16.5. The molecule has 0 aliphatic carbocycles. The number of methoxy groups -OCH3 is 2. The molecule has 0 spiro atoms. The van der Waals surface area contributed by atoms with E-state index < -0.39 is 17.7 Å². The van der Waals surface area contributed by atoms with Crippen molar-refractivity contribution in [3.8, 4) is 11.5 Å². The molecule has 0 bridgehead atoms. The molecule has 138 valence electrons. The molecule has 0 unspecified atom stereocenters. The number of hydrogen-bond acceptors (Lipinski definition) is 5. The zero-order chi connectivity index (χ0) is 19.6. The number of rotatable bonds is 6. The summed E-state index contributed by atoms with van der Waals surface area (Å²) in [6.07, 6.45) is 1.48. The lowest BCUT2D eigenvalue weighted by atomic mass is 10.1. The van der Waals surface area contributed by atoms with E-state index in [1.807, 2.05) is 0 Å². The number of benzene rings is 2. The summed E-state index contributed by atoms with van der Waals surface area (Å²) < 4.78 is 10.4. The van der Waals surface area contributed by atoms with Crippen LogP contribution in [0.4, 0.5) is 5.69 Å². The van der Waals surface area contributed by atoms with Crippen LogP contribution >= 0.6 is 0 Å². The Labute approximate surface area is 156 Å². The molecule has 27 heavy (non-hydrogen) atoms. The number of imide groups is 1. The van der Waals surface area contributed by atoms with Crippen LogP contribution in [0.15, 0.2) is 49.1 Å². The summed E-state index contributed by atoms with van der Waals surface area (Å²) in [7, 11) is 3.02. The summed E-state index contributed by atoms with van der Waals surface area (Å²) in [5, 5.41) is 2.74. The zero-order valence-electron chi connectivity index (χ0n) is 14.9. The van der Waals surface area contributed by atoms with Gasteiger partial charge in [-0.3, -0.25) is 19.3 Å². The Bertz CT molecular complexity index is 951. The van der Waals surface area contributed by atoms with Crippen molar-refractivity contribution < 1.29 is 23.9 Å². The second kappa shape index (κ2) is 7.33. The van der Waals surface area contributed by atoms with Gasteiger partial charge >= 0.3 is 0 Å². The number of hydrogen-bond donors (Lipinski definition) is 1. The van der Waals surface area contributed by atoms with Gasteiger partial charge in [0.15, 0.2) is 0 Å². The zero-order valence-corrected chi connectivity index (χ0v) is 14.9. The Morgan fingerprint density at radius 3 is 2.48 bits per heavy atom. The Morgan fingerprint density at radius 1 is 1.07 bits per heavy atom. The number of nitrogens with zero attached hydrogens (tertiary/aromatic N) is 1. The molecule has 0 radical (unpaired) electrons. The average molecular weight is 366 g/mol. The lowest BCUT2D eigenvalue weighted by Gasteiger charge is -2.12. The molecule has 1 heterocycles. The van der Waals surface area contributed by atoms with Crippen LogP contribution in [0.25, 0.3) is 0 Å². The molecule has 0 atom stereocenters. The number of carbonyl (C=O) groups is 3. The van der Waals surface area contributed by atoms with E-state index in [1.165, 1.54) is 38.5 Å². The highest BCUT2D eigenvalue weighted by Crippen LogP contribution is 2.30. The maximum absolute atomic E-state index is 12.6. The largest absolute Gasteiger partial charge is 0.497 e. The van der Waals surface area contributed by atoms with Gasteiger partial charge in [-0.15, -0.1) is 6.58 Å². The average Bonchev–Trinajstić information content (AvgIpc) is 2.93. The first-order valence-corrected chi connectivity index (χ1v) is 8.14. The molecule has 0 saturated heterocycles. The Morgan fingerprint density at radius 2 is 1.81 bits per heavy atom. The summed E-state index contributed by atoms with van der Waals surface area (Å²) in [6, 6.07) is 9.41. The van der Waals surface area contributed by atoms with Crippen molar-refractivity contribution in [1.29, 1.82) is 0 Å². The summed E-state index contributed by atoms with van der Waals surface area (Å²) >= 11 is 0. The van der Waals surface area contributed by atoms with Crippen LogP contribution in [0.3, 0.4) is 0 Å². The topological polar surface area (TPSA) is 84.9 Å². The molecule has 0 saturated carbocycles. The van der Waals surface area contributed by atoms with Crippen molar-refractivity contribution in [2.24, 2.45) is 0 Å². The molecular weight excluding hydrogens is 348 g/mol. The van der Waals surface area contributed by atoms with Crippen molar-refractivity contribution >= 4 is 23.4 Å². The van der Waals surface area contributed by atoms with Crippen LogP contribution in [0.5, 0.6) is 11.5 Å². The van der Waals surface area contributed by atoms with Crippen LogP contribution in [-0.2, 0) is 0 Å². The minimum atomic E-state index is -0.438. The first kappa shape index (κ1) is 18.2. The third kappa shape index (κ3) is 3.27. The van der Waals surface area contributed by atoms with Crippen molar-refractivity contribution in [3.05, 3.63) is 65.7 Å². The van der Waals surface area contributed by atoms with Crippen molar-refractivity contribution in [3.63, 3.8) is 0 Å². The molecule has 7 nitrogen and oxygen atoms in total. The van der Waals surface area contributed by atoms with Gasteiger partial charge in [-0.1, -0.05) is 6.08 Å². The molecule has 1 N–H and O–H groups in total. The number of ether oxygens (including phenoxy) is 2. The first-order chi connectivity index (χ1) is 13.0. The molecule has 3 rings (SSSR count). The van der Waals surface area contributed by atoms with Crippen LogP contribution in [-0.4, -0.2) is 43.4 Å². The summed E-state index contributed by atoms with van der Waals surface area (Å²) in [6.45, 7) is 3.67. The molecule has 0 aromatic heterocycles. The molecule has 1 aliphatic heterocycles. The van der Waals surface area contributed by atoms with Gasteiger partial charge in [-0.25, -0.2) is 0 Å². The van der Waals surface area contributed by atoms with Crippen molar-refractivity contribution in [1.82, 2.24) is 4.90 Å². The second-order valence-electron chi connectivity index (χ2n) is 5.79. The van der Waals surface area contributed by atoms with Gasteiger partial charge in [0.2, 0.25) is 0 Å². The van der Waals surface area contributed by atoms with E-state index in [4.69, 9.17) is 9.47 Å². The number of fused-ring (bicyclic) bond motifs is 1. The molecule has 3 amide bonds. The van der Waals surface area contributed by atoms with Gasteiger partial charge in [0.1, 0.15) is 11.5 Å². The van der Waals surface area contributed by atoms with Crippen LogP contribution in [0.2, 0.25) is 0 Å². The Hall–Kier alpha value is -3.61. The van der Waals surface area contributed by atoms with E-state index in [9.17, 15) is 14.4 Å².